The van der Waals surface area contributed by atoms with E-state index in [0.29, 0.717) is 48.5 Å². The molecule has 0 bridgehead atoms. The molecule has 8 heteroatoms. The predicted octanol–water partition coefficient (Wildman–Crippen LogP) is 3.26. The molecule has 31 heavy (non-hydrogen) atoms. The quantitative estimate of drug-likeness (QED) is 0.633. The molecule has 0 unspecified atom stereocenters. The number of fused-ring (bicyclic) bond motifs is 1. The molecule has 162 valence electrons. The number of H-pyrrole nitrogens is 1. The summed E-state index contributed by atoms with van der Waals surface area (Å²) in [5.41, 5.74) is 6.72. The molecule has 0 spiro atoms. The molecule has 1 aromatic heterocycles. The average Bonchev–Trinajstić information content (AvgIpc) is 2.76. The maximum Gasteiger partial charge on any atom is 0.255 e. The second-order valence-corrected chi connectivity index (χ2v) is 8.16. The Hall–Kier alpha value is -2.90. The summed E-state index contributed by atoms with van der Waals surface area (Å²) in [5, 5.41) is 1.64. The number of likely N-dealkylation sites (tertiary alicyclic amines) is 1. The van der Waals surface area contributed by atoms with Gasteiger partial charge in [0, 0.05) is 37.5 Å². The second-order valence-electron chi connectivity index (χ2n) is 7.76. The third-order valence-electron chi connectivity index (χ3n) is 5.56. The van der Waals surface area contributed by atoms with Gasteiger partial charge in [0.15, 0.2) is 0 Å². The van der Waals surface area contributed by atoms with E-state index in [1.54, 1.807) is 41.4 Å². The average molecular weight is 444 g/mol. The van der Waals surface area contributed by atoms with Crippen LogP contribution in [0.2, 0.25) is 5.02 Å². The lowest BCUT2D eigenvalue weighted by molar-refractivity contribution is -0.134. The zero-order valence-corrected chi connectivity index (χ0v) is 17.6. The number of rotatable bonds is 5. The number of carbonyl (C=O) groups excluding carboxylic acids is 1. The first kappa shape index (κ1) is 21.3. The SMILES string of the molecule is N[C@@H](Cc1ccc(F)cc1)C(=O)N1CCC(Oc2cc3cc[nH]c(=O)c3cc2Cl)CC1. The fraction of sp³-hybridized carbons (Fsp3) is 0.304. The van der Waals surface area contributed by atoms with E-state index < -0.39 is 6.04 Å². The molecule has 0 aliphatic carbocycles. The van der Waals surface area contributed by atoms with Gasteiger partial charge in [0.1, 0.15) is 17.7 Å². The van der Waals surface area contributed by atoms with E-state index in [0.717, 1.165) is 10.9 Å². The van der Waals surface area contributed by atoms with Crippen molar-refractivity contribution in [3.8, 4) is 5.75 Å². The highest BCUT2D eigenvalue weighted by molar-refractivity contribution is 6.32. The summed E-state index contributed by atoms with van der Waals surface area (Å²) >= 11 is 6.32. The fourth-order valence-corrected chi connectivity index (χ4v) is 4.06. The van der Waals surface area contributed by atoms with Crippen molar-refractivity contribution >= 4 is 28.3 Å². The summed E-state index contributed by atoms with van der Waals surface area (Å²) in [6.07, 6.45) is 3.16. The van der Waals surface area contributed by atoms with Crippen LogP contribution in [0.25, 0.3) is 10.8 Å². The van der Waals surface area contributed by atoms with Gasteiger partial charge in [0.25, 0.3) is 5.56 Å². The monoisotopic (exact) mass is 443 g/mol. The van der Waals surface area contributed by atoms with E-state index >= 15 is 0 Å². The first-order chi connectivity index (χ1) is 14.9. The number of nitrogens with two attached hydrogens (primary N) is 1. The van der Waals surface area contributed by atoms with E-state index in [2.05, 4.69) is 4.98 Å². The van der Waals surface area contributed by atoms with Gasteiger partial charge in [-0.25, -0.2) is 4.39 Å². The molecule has 1 aliphatic heterocycles. The van der Waals surface area contributed by atoms with Gasteiger partial charge in [0.2, 0.25) is 5.91 Å². The normalized spacial score (nSPS) is 15.8. The third kappa shape index (κ3) is 4.89. The molecule has 2 aromatic carbocycles. The molecule has 1 atom stereocenters. The predicted molar refractivity (Wildman–Crippen MR) is 118 cm³/mol. The van der Waals surface area contributed by atoms with Crippen LogP contribution < -0.4 is 16.0 Å². The first-order valence-corrected chi connectivity index (χ1v) is 10.5. The summed E-state index contributed by atoms with van der Waals surface area (Å²) in [4.78, 5) is 29.0. The van der Waals surface area contributed by atoms with Crippen molar-refractivity contribution in [1.29, 1.82) is 0 Å². The maximum absolute atomic E-state index is 13.0. The van der Waals surface area contributed by atoms with Gasteiger partial charge in [-0.3, -0.25) is 9.59 Å². The Morgan fingerprint density at radius 3 is 2.65 bits per heavy atom. The van der Waals surface area contributed by atoms with Crippen molar-refractivity contribution in [3.05, 3.63) is 75.4 Å². The fourth-order valence-electron chi connectivity index (χ4n) is 3.85. The van der Waals surface area contributed by atoms with E-state index in [9.17, 15) is 14.0 Å². The van der Waals surface area contributed by atoms with Crippen LogP contribution in [0.1, 0.15) is 18.4 Å². The van der Waals surface area contributed by atoms with Crippen LogP contribution >= 0.6 is 11.6 Å². The molecule has 3 N–H and O–H groups in total. The first-order valence-electron chi connectivity index (χ1n) is 10.2. The van der Waals surface area contributed by atoms with E-state index in [-0.39, 0.29) is 23.4 Å². The van der Waals surface area contributed by atoms with Crippen LogP contribution in [0, 0.1) is 5.82 Å². The van der Waals surface area contributed by atoms with Crippen LogP contribution in [0.5, 0.6) is 5.75 Å². The Balaban J connectivity index is 1.34. The molecular weight excluding hydrogens is 421 g/mol. The molecule has 6 nitrogen and oxygen atoms in total. The number of nitrogens with one attached hydrogen (secondary N) is 1. The number of carbonyl (C=O) groups is 1. The molecule has 1 fully saturated rings. The van der Waals surface area contributed by atoms with Gasteiger partial charge in [-0.15, -0.1) is 0 Å². The number of amides is 1. The number of piperidine rings is 1. The summed E-state index contributed by atoms with van der Waals surface area (Å²) in [5.74, 6) is 0.0901. The zero-order valence-electron chi connectivity index (χ0n) is 16.8. The number of pyridine rings is 1. The van der Waals surface area contributed by atoms with Crippen LogP contribution in [0.3, 0.4) is 0 Å². The van der Waals surface area contributed by atoms with Crippen LogP contribution in [0.4, 0.5) is 4.39 Å². The molecule has 1 saturated heterocycles. The highest BCUT2D eigenvalue weighted by Crippen LogP contribution is 2.31. The number of hydrogen-bond donors (Lipinski definition) is 2. The Labute approximate surface area is 183 Å². The zero-order chi connectivity index (χ0) is 22.0. The maximum atomic E-state index is 13.0. The number of benzene rings is 2. The smallest absolute Gasteiger partial charge is 0.255 e. The number of ether oxygens (including phenoxy) is 1. The molecule has 0 radical (unpaired) electrons. The van der Waals surface area contributed by atoms with Crippen molar-refractivity contribution < 1.29 is 13.9 Å². The Bertz CT molecular complexity index is 1140. The van der Waals surface area contributed by atoms with Crippen molar-refractivity contribution in [2.75, 3.05) is 13.1 Å². The molecule has 3 aromatic rings. The number of nitrogens with zero attached hydrogens (tertiary/aromatic N) is 1. The van der Waals surface area contributed by atoms with E-state index in [1.165, 1.54) is 12.1 Å². The molecule has 1 aliphatic rings. The standard InChI is InChI=1S/C23H23ClFN3O3/c24-19-13-18-15(5-8-27-22(18)29)12-21(19)31-17-6-9-28(10-7-17)23(30)20(26)11-14-1-3-16(25)4-2-14/h1-5,8,12-13,17,20H,6-7,9-11,26H2,(H,27,29)/t20-/m0/s1. The van der Waals surface area contributed by atoms with Gasteiger partial charge in [0.05, 0.1) is 11.1 Å². The minimum Gasteiger partial charge on any atom is -0.489 e. The van der Waals surface area contributed by atoms with Crippen molar-refractivity contribution in [2.45, 2.75) is 31.4 Å². The highest BCUT2D eigenvalue weighted by atomic mass is 35.5. The van der Waals surface area contributed by atoms with E-state index in [4.69, 9.17) is 22.1 Å². The lowest BCUT2D eigenvalue weighted by Crippen LogP contribution is -2.49. The lowest BCUT2D eigenvalue weighted by atomic mass is 10.0. The van der Waals surface area contributed by atoms with Crippen molar-refractivity contribution in [1.82, 2.24) is 9.88 Å². The molecule has 2 heterocycles. The minimum atomic E-state index is -0.670. The molecule has 1 amide bonds. The Morgan fingerprint density at radius 1 is 1.23 bits per heavy atom. The molecule has 0 saturated carbocycles. The van der Waals surface area contributed by atoms with Crippen LogP contribution in [-0.4, -0.2) is 41.0 Å². The topological polar surface area (TPSA) is 88.4 Å². The summed E-state index contributed by atoms with van der Waals surface area (Å²) in [6.45, 7) is 1.07. The Kier molecular flexibility index (Phi) is 6.25. The van der Waals surface area contributed by atoms with Gasteiger partial charge < -0.3 is 20.4 Å². The second kappa shape index (κ2) is 9.08. The summed E-state index contributed by atoms with van der Waals surface area (Å²) < 4.78 is 19.1. The van der Waals surface area contributed by atoms with Crippen LogP contribution in [-0.2, 0) is 11.2 Å². The summed E-state index contributed by atoms with van der Waals surface area (Å²) in [6, 6.07) is 10.5. The number of aromatic amines is 1. The third-order valence-corrected chi connectivity index (χ3v) is 5.85. The van der Waals surface area contributed by atoms with Gasteiger partial charge in [-0.05, 0) is 47.7 Å². The number of aromatic nitrogens is 1. The lowest BCUT2D eigenvalue weighted by Gasteiger charge is -2.33. The molecular formula is C23H23ClFN3O3. The van der Waals surface area contributed by atoms with Gasteiger partial charge in [-0.2, -0.15) is 0 Å². The summed E-state index contributed by atoms with van der Waals surface area (Å²) in [7, 11) is 0. The van der Waals surface area contributed by atoms with Gasteiger partial charge in [-0.1, -0.05) is 23.7 Å². The van der Waals surface area contributed by atoms with Crippen molar-refractivity contribution in [3.63, 3.8) is 0 Å². The Morgan fingerprint density at radius 2 is 1.94 bits per heavy atom. The van der Waals surface area contributed by atoms with E-state index in [1.807, 2.05) is 0 Å². The minimum absolute atomic E-state index is 0.0886. The van der Waals surface area contributed by atoms with Gasteiger partial charge >= 0.3 is 0 Å². The van der Waals surface area contributed by atoms with Crippen LogP contribution in [0.15, 0.2) is 53.5 Å². The van der Waals surface area contributed by atoms with Crippen molar-refractivity contribution in [2.24, 2.45) is 5.73 Å². The molecule has 4 rings (SSSR count). The number of hydrogen-bond acceptors (Lipinski definition) is 4. The largest absolute Gasteiger partial charge is 0.489 e. The highest BCUT2D eigenvalue weighted by Gasteiger charge is 2.27. The number of halogens is 2.